The zero-order valence-electron chi connectivity index (χ0n) is 16.8. The van der Waals surface area contributed by atoms with E-state index in [1.165, 1.54) is 0 Å². The van der Waals surface area contributed by atoms with E-state index in [1.54, 1.807) is 13.8 Å². The molecule has 2 N–H and O–H groups in total. The molecule has 0 spiro atoms. The molecule has 0 aliphatic carbocycles. The van der Waals surface area contributed by atoms with Crippen molar-refractivity contribution in [1.82, 2.24) is 10.6 Å². The molecule has 0 atom stereocenters. The van der Waals surface area contributed by atoms with Crippen molar-refractivity contribution in [1.29, 1.82) is 0 Å². The van der Waals surface area contributed by atoms with Crippen LogP contribution in [-0.2, 0) is 19.1 Å². The summed E-state index contributed by atoms with van der Waals surface area (Å²) in [6.45, 7) is 5.41. The van der Waals surface area contributed by atoms with Crippen LogP contribution in [0.1, 0.15) is 52.4 Å². The molecule has 0 saturated heterocycles. The molecule has 8 nitrogen and oxygen atoms in total. The summed E-state index contributed by atoms with van der Waals surface area (Å²) in [7, 11) is 0. The molecule has 0 saturated carbocycles. The number of esters is 2. The largest absolute Gasteiger partial charge is 0.466 e. The van der Waals surface area contributed by atoms with Gasteiger partial charge in [0.05, 0.1) is 26.1 Å². The van der Waals surface area contributed by atoms with E-state index in [4.69, 9.17) is 9.47 Å². The summed E-state index contributed by atoms with van der Waals surface area (Å²) in [5.41, 5.74) is 0. The Morgan fingerprint density at radius 2 is 1.07 bits per heavy atom. The van der Waals surface area contributed by atoms with Crippen LogP contribution in [0.2, 0.25) is 0 Å². The highest BCUT2D eigenvalue weighted by Gasteiger charge is 2.07. The van der Waals surface area contributed by atoms with E-state index in [9.17, 15) is 19.2 Å². The Morgan fingerprint density at radius 1 is 0.679 bits per heavy atom. The summed E-state index contributed by atoms with van der Waals surface area (Å²) >= 11 is 2.17. The first-order valence-electron chi connectivity index (χ1n) is 9.62. The van der Waals surface area contributed by atoms with Crippen molar-refractivity contribution in [2.45, 2.75) is 52.4 Å². The summed E-state index contributed by atoms with van der Waals surface area (Å²) < 4.78 is 9.58. The fraction of sp³-hybridized carbons (Fsp3) is 0.778. The normalized spacial score (nSPS) is 10.2. The van der Waals surface area contributed by atoms with Crippen molar-refractivity contribution < 1.29 is 28.7 Å². The van der Waals surface area contributed by atoms with Crippen LogP contribution >= 0.6 is 23.5 Å². The van der Waals surface area contributed by atoms with Gasteiger partial charge in [-0.05, 0) is 26.7 Å². The standard InChI is InChI=1S/C18H32N2O6S2/c1-3-25-15(21)9-13-27-17(23)19-11-7-5-6-8-12-20-18(24)28-14-10-16(22)26-4-2/h3-14H2,1-2H3,(H,19,23)(H,20,24). The van der Waals surface area contributed by atoms with Gasteiger partial charge >= 0.3 is 11.9 Å². The van der Waals surface area contributed by atoms with Crippen LogP contribution in [0.15, 0.2) is 0 Å². The number of ether oxygens (including phenoxy) is 2. The monoisotopic (exact) mass is 436 g/mol. The summed E-state index contributed by atoms with van der Waals surface area (Å²) in [5.74, 6) is 0.268. The quantitative estimate of drug-likeness (QED) is 0.297. The zero-order chi connectivity index (χ0) is 21.0. The maximum atomic E-state index is 11.6. The highest BCUT2D eigenvalue weighted by Crippen LogP contribution is 2.07. The predicted molar refractivity (Wildman–Crippen MR) is 113 cm³/mol. The van der Waals surface area contributed by atoms with Crippen molar-refractivity contribution in [3.05, 3.63) is 0 Å². The molecule has 0 aromatic heterocycles. The zero-order valence-corrected chi connectivity index (χ0v) is 18.4. The molecule has 0 aromatic carbocycles. The Balaban J connectivity index is 3.40. The maximum Gasteiger partial charge on any atom is 0.306 e. The van der Waals surface area contributed by atoms with Gasteiger partial charge in [0.15, 0.2) is 0 Å². The molecule has 0 radical (unpaired) electrons. The highest BCUT2D eigenvalue weighted by atomic mass is 32.2. The van der Waals surface area contributed by atoms with E-state index in [0.29, 0.717) is 37.8 Å². The molecule has 0 bridgehead atoms. The maximum absolute atomic E-state index is 11.6. The number of thioether (sulfide) groups is 2. The van der Waals surface area contributed by atoms with Gasteiger partial charge in [-0.2, -0.15) is 0 Å². The Kier molecular flexibility index (Phi) is 18.0. The molecule has 0 aliphatic heterocycles. The van der Waals surface area contributed by atoms with E-state index in [0.717, 1.165) is 49.2 Å². The minimum absolute atomic E-state index is 0.128. The summed E-state index contributed by atoms with van der Waals surface area (Å²) in [4.78, 5) is 45.4. The van der Waals surface area contributed by atoms with E-state index >= 15 is 0 Å². The van der Waals surface area contributed by atoms with E-state index < -0.39 is 0 Å². The van der Waals surface area contributed by atoms with Gasteiger partial charge in [-0.15, -0.1) is 0 Å². The molecule has 28 heavy (non-hydrogen) atoms. The number of hydrogen-bond acceptors (Lipinski definition) is 8. The van der Waals surface area contributed by atoms with Gasteiger partial charge in [-0.3, -0.25) is 19.2 Å². The predicted octanol–water partition coefficient (Wildman–Crippen LogP) is 3.34. The van der Waals surface area contributed by atoms with E-state index in [-0.39, 0.29) is 35.3 Å². The second kappa shape index (κ2) is 18.9. The molecule has 0 aromatic rings. The van der Waals surface area contributed by atoms with Gasteiger partial charge in [0, 0.05) is 24.6 Å². The average molecular weight is 437 g/mol. The second-order valence-electron chi connectivity index (χ2n) is 5.65. The van der Waals surface area contributed by atoms with Crippen molar-refractivity contribution in [3.8, 4) is 0 Å². The SMILES string of the molecule is CCOC(=O)CCSC(=O)NCCCCCCNC(=O)SCCC(=O)OCC. The topological polar surface area (TPSA) is 111 Å². The van der Waals surface area contributed by atoms with Crippen molar-refractivity contribution >= 4 is 45.9 Å². The number of carbonyl (C=O) groups is 4. The fourth-order valence-corrected chi connectivity index (χ4v) is 3.32. The lowest BCUT2D eigenvalue weighted by Gasteiger charge is -2.06. The number of amides is 2. The van der Waals surface area contributed by atoms with Gasteiger partial charge in [-0.1, -0.05) is 36.4 Å². The van der Waals surface area contributed by atoms with Crippen LogP contribution in [0.25, 0.3) is 0 Å². The minimum atomic E-state index is -0.285. The van der Waals surface area contributed by atoms with Gasteiger partial charge in [0.25, 0.3) is 10.5 Å². The Hall–Kier alpha value is -1.42. The number of unbranched alkanes of at least 4 members (excludes halogenated alkanes) is 3. The number of rotatable bonds is 15. The van der Waals surface area contributed by atoms with Crippen LogP contribution in [0.4, 0.5) is 9.59 Å². The molecule has 162 valence electrons. The third kappa shape index (κ3) is 18.0. The number of nitrogens with one attached hydrogen (secondary N) is 2. The molecular formula is C18H32N2O6S2. The molecule has 10 heteroatoms. The summed E-state index contributed by atoms with van der Waals surface area (Å²) in [6.07, 6.45) is 4.12. The molecule has 0 heterocycles. The van der Waals surface area contributed by atoms with Crippen LogP contribution in [0.3, 0.4) is 0 Å². The lowest BCUT2D eigenvalue weighted by Crippen LogP contribution is -2.21. The Labute approximate surface area is 175 Å². The van der Waals surface area contributed by atoms with Crippen molar-refractivity contribution in [2.24, 2.45) is 0 Å². The Morgan fingerprint density at radius 3 is 1.43 bits per heavy atom. The highest BCUT2D eigenvalue weighted by molar-refractivity contribution is 8.13. The third-order valence-corrected chi connectivity index (χ3v) is 4.96. The van der Waals surface area contributed by atoms with Crippen molar-refractivity contribution in [2.75, 3.05) is 37.8 Å². The van der Waals surface area contributed by atoms with Gasteiger partial charge in [-0.25, -0.2) is 0 Å². The molecule has 0 aliphatic rings. The molecule has 2 amide bonds. The van der Waals surface area contributed by atoms with Gasteiger partial charge in [0.2, 0.25) is 0 Å². The Bertz CT molecular complexity index is 435. The first-order valence-corrected chi connectivity index (χ1v) is 11.6. The lowest BCUT2D eigenvalue weighted by molar-refractivity contribution is -0.143. The van der Waals surface area contributed by atoms with Crippen LogP contribution in [0.5, 0.6) is 0 Å². The van der Waals surface area contributed by atoms with Crippen LogP contribution < -0.4 is 10.6 Å². The van der Waals surface area contributed by atoms with E-state index in [2.05, 4.69) is 10.6 Å². The van der Waals surface area contributed by atoms with Gasteiger partial charge < -0.3 is 20.1 Å². The molecule has 0 fully saturated rings. The minimum Gasteiger partial charge on any atom is -0.466 e. The molecule has 0 unspecified atom stereocenters. The summed E-state index contributed by atoms with van der Waals surface area (Å²) in [6, 6.07) is 0. The lowest BCUT2D eigenvalue weighted by atomic mass is 10.2. The van der Waals surface area contributed by atoms with Gasteiger partial charge in [0.1, 0.15) is 0 Å². The molecule has 0 rings (SSSR count). The molecular weight excluding hydrogens is 404 g/mol. The first kappa shape index (κ1) is 26.6. The average Bonchev–Trinajstić information content (AvgIpc) is 2.64. The van der Waals surface area contributed by atoms with Crippen LogP contribution in [-0.4, -0.2) is 60.2 Å². The van der Waals surface area contributed by atoms with Crippen molar-refractivity contribution in [3.63, 3.8) is 0 Å². The smallest absolute Gasteiger partial charge is 0.306 e. The third-order valence-electron chi connectivity index (χ3n) is 3.33. The number of carbonyl (C=O) groups excluding carboxylic acids is 4. The summed E-state index contributed by atoms with van der Waals surface area (Å²) in [5, 5.41) is 5.34. The van der Waals surface area contributed by atoms with E-state index in [1.807, 2.05) is 0 Å². The first-order chi connectivity index (χ1) is 13.5. The van der Waals surface area contributed by atoms with Crippen LogP contribution in [0, 0.1) is 0 Å². The second-order valence-corrected chi connectivity index (χ2v) is 7.79. The fourth-order valence-electron chi connectivity index (χ4n) is 2.01. The number of hydrogen-bond donors (Lipinski definition) is 2.